The van der Waals surface area contributed by atoms with Crippen molar-refractivity contribution in [3.05, 3.63) is 0 Å². The molecule has 0 spiro atoms. The van der Waals surface area contributed by atoms with Gasteiger partial charge in [-0.05, 0) is 32.1 Å². The third-order valence-corrected chi connectivity index (χ3v) is 4.15. The molecule has 0 aromatic carbocycles. The molecule has 2 heteroatoms. The van der Waals surface area contributed by atoms with Crippen LogP contribution in [0.2, 0.25) is 0 Å². The smallest absolute Gasteiger partial charge is 0.0295 e. The zero-order valence-electron chi connectivity index (χ0n) is 9.31. The molecule has 2 atom stereocenters. The normalized spacial score (nSPS) is 23.7. The lowest BCUT2D eigenvalue weighted by atomic mass is 10.0. The molecule has 14 heavy (non-hydrogen) atoms. The van der Waals surface area contributed by atoms with Gasteiger partial charge >= 0.3 is 0 Å². The summed E-state index contributed by atoms with van der Waals surface area (Å²) in [4.78, 5) is 0. The van der Waals surface area contributed by atoms with Gasteiger partial charge < -0.3 is 5.32 Å². The molecular formula is C12H21NS. The van der Waals surface area contributed by atoms with Crippen LogP contribution in [0, 0.1) is 11.8 Å². The first-order valence-electron chi connectivity index (χ1n) is 5.63. The number of rotatable bonds is 4. The van der Waals surface area contributed by atoms with Gasteiger partial charge in [-0.3, -0.25) is 0 Å². The number of nitrogens with one attached hydrogen (secondary N) is 1. The fourth-order valence-electron chi connectivity index (χ4n) is 1.89. The van der Waals surface area contributed by atoms with E-state index in [0.29, 0.717) is 6.04 Å². The molecule has 1 heterocycles. The molecule has 0 amide bonds. The Morgan fingerprint density at radius 1 is 1.50 bits per heavy atom. The van der Waals surface area contributed by atoms with Gasteiger partial charge in [0.05, 0.1) is 0 Å². The van der Waals surface area contributed by atoms with E-state index in [4.69, 9.17) is 0 Å². The monoisotopic (exact) mass is 211 g/mol. The van der Waals surface area contributed by atoms with Gasteiger partial charge in [-0.15, -0.1) is 11.8 Å². The van der Waals surface area contributed by atoms with Crippen molar-refractivity contribution in [2.45, 2.75) is 50.8 Å². The molecule has 1 aliphatic rings. The van der Waals surface area contributed by atoms with E-state index in [1.165, 1.54) is 25.0 Å². The average molecular weight is 211 g/mol. The van der Waals surface area contributed by atoms with Gasteiger partial charge in [-0.2, -0.15) is 11.8 Å². The molecule has 0 radical (unpaired) electrons. The van der Waals surface area contributed by atoms with Crippen LogP contribution in [0.25, 0.3) is 0 Å². The molecule has 1 fully saturated rings. The van der Waals surface area contributed by atoms with Crippen molar-refractivity contribution in [2.75, 3.05) is 12.3 Å². The van der Waals surface area contributed by atoms with Gasteiger partial charge in [-0.1, -0.05) is 13.3 Å². The van der Waals surface area contributed by atoms with Crippen LogP contribution >= 0.6 is 11.8 Å². The number of hydrogen-bond donors (Lipinski definition) is 1. The van der Waals surface area contributed by atoms with E-state index in [-0.39, 0.29) is 0 Å². The van der Waals surface area contributed by atoms with Crippen molar-refractivity contribution in [2.24, 2.45) is 0 Å². The maximum absolute atomic E-state index is 3.56. The minimum atomic E-state index is 0.609. The van der Waals surface area contributed by atoms with E-state index < -0.39 is 0 Å². The Morgan fingerprint density at radius 2 is 2.36 bits per heavy atom. The predicted octanol–water partition coefficient (Wildman–Crippen LogP) is 2.66. The van der Waals surface area contributed by atoms with Crippen LogP contribution < -0.4 is 5.32 Å². The second-order valence-corrected chi connectivity index (χ2v) is 5.05. The highest BCUT2D eigenvalue weighted by molar-refractivity contribution is 8.00. The van der Waals surface area contributed by atoms with Crippen molar-refractivity contribution < 1.29 is 0 Å². The SMILES string of the molecule is CC#CCC(NCC)C1CCCCS1. The van der Waals surface area contributed by atoms with Crippen LogP contribution in [-0.2, 0) is 0 Å². The summed E-state index contributed by atoms with van der Waals surface area (Å²) in [6.45, 7) is 5.17. The lowest BCUT2D eigenvalue weighted by Gasteiger charge is -2.29. The first-order chi connectivity index (χ1) is 6.88. The van der Waals surface area contributed by atoms with Crippen molar-refractivity contribution in [1.82, 2.24) is 5.32 Å². The highest BCUT2D eigenvalue weighted by Gasteiger charge is 2.22. The van der Waals surface area contributed by atoms with Crippen molar-refractivity contribution in [1.29, 1.82) is 0 Å². The highest BCUT2D eigenvalue weighted by atomic mass is 32.2. The molecular weight excluding hydrogens is 190 g/mol. The van der Waals surface area contributed by atoms with Crippen LogP contribution in [0.3, 0.4) is 0 Å². The summed E-state index contributed by atoms with van der Waals surface area (Å²) in [6.07, 6.45) is 5.19. The standard InChI is InChI=1S/C12H21NS/c1-3-5-8-11(13-4-2)12-9-6-7-10-14-12/h11-13H,4,6-10H2,1-2H3. The molecule has 1 nitrogen and oxygen atoms in total. The Hall–Kier alpha value is -0.130. The van der Waals surface area contributed by atoms with Crippen molar-refractivity contribution in [3.8, 4) is 11.8 Å². The summed E-state index contributed by atoms with van der Waals surface area (Å²) in [5.41, 5.74) is 0. The van der Waals surface area contributed by atoms with E-state index in [1.807, 2.05) is 6.92 Å². The molecule has 1 saturated heterocycles. The lowest BCUT2D eigenvalue weighted by molar-refractivity contribution is 0.482. The van der Waals surface area contributed by atoms with Gasteiger partial charge in [0.2, 0.25) is 0 Å². The molecule has 1 rings (SSSR count). The molecule has 0 saturated carbocycles. The van der Waals surface area contributed by atoms with E-state index in [0.717, 1.165) is 18.2 Å². The van der Waals surface area contributed by atoms with Crippen LogP contribution in [-0.4, -0.2) is 23.6 Å². The summed E-state index contributed by atoms with van der Waals surface area (Å²) in [5.74, 6) is 7.54. The average Bonchev–Trinajstić information content (AvgIpc) is 2.25. The molecule has 0 bridgehead atoms. The maximum Gasteiger partial charge on any atom is 0.0295 e. The van der Waals surface area contributed by atoms with E-state index in [1.54, 1.807) is 0 Å². The van der Waals surface area contributed by atoms with Gasteiger partial charge in [0, 0.05) is 17.7 Å². The van der Waals surface area contributed by atoms with Crippen LogP contribution in [0.1, 0.15) is 39.5 Å². The molecule has 2 unspecified atom stereocenters. The zero-order valence-corrected chi connectivity index (χ0v) is 10.1. The van der Waals surface area contributed by atoms with Gasteiger partial charge in [0.1, 0.15) is 0 Å². The Kier molecular flexibility index (Phi) is 6.14. The number of hydrogen-bond acceptors (Lipinski definition) is 2. The van der Waals surface area contributed by atoms with Gasteiger partial charge in [0.25, 0.3) is 0 Å². The number of thioether (sulfide) groups is 1. The lowest BCUT2D eigenvalue weighted by Crippen LogP contribution is -2.39. The van der Waals surface area contributed by atoms with Crippen LogP contribution in [0.5, 0.6) is 0 Å². The first kappa shape index (κ1) is 11.9. The Labute approximate surface area is 92.4 Å². The minimum Gasteiger partial charge on any atom is -0.312 e. The van der Waals surface area contributed by atoms with E-state index in [2.05, 4.69) is 35.8 Å². The molecule has 80 valence electrons. The quantitative estimate of drug-likeness (QED) is 0.718. The Balaban J connectivity index is 2.40. The van der Waals surface area contributed by atoms with Crippen molar-refractivity contribution >= 4 is 11.8 Å². The summed E-state index contributed by atoms with van der Waals surface area (Å²) < 4.78 is 0. The van der Waals surface area contributed by atoms with Crippen LogP contribution in [0.15, 0.2) is 0 Å². The van der Waals surface area contributed by atoms with Gasteiger partial charge in [0.15, 0.2) is 0 Å². The third-order valence-electron chi connectivity index (χ3n) is 2.63. The summed E-state index contributed by atoms with van der Waals surface area (Å²) in [6, 6.07) is 0.609. The second kappa shape index (κ2) is 7.20. The zero-order chi connectivity index (χ0) is 10.2. The molecule has 0 aromatic heterocycles. The van der Waals surface area contributed by atoms with E-state index >= 15 is 0 Å². The predicted molar refractivity (Wildman–Crippen MR) is 65.6 cm³/mol. The molecule has 1 aliphatic heterocycles. The topological polar surface area (TPSA) is 12.0 Å². The maximum atomic E-state index is 3.56. The first-order valence-corrected chi connectivity index (χ1v) is 6.68. The minimum absolute atomic E-state index is 0.609. The molecule has 0 aliphatic carbocycles. The Morgan fingerprint density at radius 3 is 2.93 bits per heavy atom. The fraction of sp³-hybridized carbons (Fsp3) is 0.833. The van der Waals surface area contributed by atoms with Crippen molar-refractivity contribution in [3.63, 3.8) is 0 Å². The van der Waals surface area contributed by atoms with Gasteiger partial charge in [-0.25, -0.2) is 0 Å². The second-order valence-electron chi connectivity index (χ2n) is 3.70. The summed E-state index contributed by atoms with van der Waals surface area (Å²) in [7, 11) is 0. The highest BCUT2D eigenvalue weighted by Crippen LogP contribution is 2.28. The fourth-order valence-corrected chi connectivity index (χ4v) is 3.32. The Bertz CT molecular complexity index is 198. The third kappa shape index (κ3) is 3.94. The molecule has 1 N–H and O–H groups in total. The van der Waals surface area contributed by atoms with E-state index in [9.17, 15) is 0 Å². The van der Waals surface area contributed by atoms with Crippen LogP contribution in [0.4, 0.5) is 0 Å². The summed E-state index contributed by atoms with van der Waals surface area (Å²) in [5, 5.41) is 4.36. The molecule has 0 aromatic rings. The summed E-state index contributed by atoms with van der Waals surface area (Å²) >= 11 is 2.13. The largest absolute Gasteiger partial charge is 0.312 e.